The molecule has 4 nitrogen and oxygen atoms in total. The third-order valence-corrected chi connectivity index (χ3v) is 4.60. The van der Waals surface area contributed by atoms with E-state index in [-0.39, 0.29) is 5.91 Å². The summed E-state index contributed by atoms with van der Waals surface area (Å²) in [6, 6.07) is 17.4. The van der Waals surface area contributed by atoms with E-state index in [1.165, 1.54) is 16.9 Å². The van der Waals surface area contributed by atoms with E-state index in [0.717, 1.165) is 21.3 Å². The van der Waals surface area contributed by atoms with Crippen molar-refractivity contribution in [1.82, 2.24) is 9.78 Å². The summed E-state index contributed by atoms with van der Waals surface area (Å²) in [5.41, 5.74) is 3.64. The van der Waals surface area contributed by atoms with Gasteiger partial charge in [-0.1, -0.05) is 0 Å². The topological polar surface area (TPSA) is 46.9 Å². The van der Waals surface area contributed by atoms with Gasteiger partial charge in [0.1, 0.15) is 0 Å². The maximum absolute atomic E-state index is 12.3. The van der Waals surface area contributed by atoms with E-state index in [0.29, 0.717) is 12.1 Å². The van der Waals surface area contributed by atoms with Gasteiger partial charge in [-0.15, -0.1) is 0 Å². The Hall–Kier alpha value is -2.32. The first kappa shape index (κ1) is 15.6. The molecule has 2 aromatic carbocycles. The number of hydrogen-bond acceptors (Lipinski definition) is 2. The molecule has 1 aromatic heterocycles. The van der Waals surface area contributed by atoms with Gasteiger partial charge in [0.05, 0.1) is 0 Å². The molecule has 0 aliphatic carbocycles. The van der Waals surface area contributed by atoms with Crippen molar-refractivity contribution >= 4 is 32.8 Å². The molecule has 0 saturated heterocycles. The van der Waals surface area contributed by atoms with Crippen LogP contribution in [-0.2, 0) is 6.54 Å². The maximum atomic E-state index is 12.3. The Morgan fingerprint density at radius 2 is 1.87 bits per heavy atom. The van der Waals surface area contributed by atoms with E-state index in [2.05, 4.69) is 10.4 Å². The van der Waals surface area contributed by atoms with Crippen molar-refractivity contribution in [3.8, 4) is 0 Å². The fourth-order valence-corrected chi connectivity index (χ4v) is 2.89. The van der Waals surface area contributed by atoms with Gasteiger partial charge in [-0.2, -0.15) is 0 Å². The van der Waals surface area contributed by atoms with Crippen LogP contribution < -0.4 is 9.67 Å². The quantitative estimate of drug-likeness (QED) is 0.715. The van der Waals surface area contributed by atoms with E-state index in [1.54, 1.807) is 0 Å². The van der Waals surface area contributed by atoms with Crippen LogP contribution in [0, 0.1) is 6.92 Å². The van der Waals surface area contributed by atoms with Gasteiger partial charge in [0, 0.05) is 0 Å². The Bertz CT molecular complexity index is 824. The summed E-state index contributed by atoms with van der Waals surface area (Å²) < 4.78 is 3.00. The number of amides is 1. The minimum atomic E-state index is -0.0865. The first-order chi connectivity index (χ1) is 11.1. The second-order valence-electron chi connectivity index (χ2n) is 5.39. The Labute approximate surface area is 144 Å². The number of nitrogens with one attached hydrogen (secondary N) is 1. The van der Waals surface area contributed by atoms with Gasteiger partial charge < -0.3 is 0 Å². The fourth-order valence-electron chi connectivity index (χ4n) is 2.31. The molecule has 116 valence electrons. The van der Waals surface area contributed by atoms with Crippen molar-refractivity contribution in [2.45, 2.75) is 13.5 Å². The number of benzene rings is 2. The summed E-state index contributed by atoms with van der Waals surface area (Å²) in [5.74, 6) is -0.0865. The predicted octanol–water partition coefficient (Wildman–Crippen LogP) is 1.75. The van der Waals surface area contributed by atoms with Gasteiger partial charge in [0.15, 0.2) is 0 Å². The molecule has 1 amide bonds. The van der Waals surface area contributed by atoms with Crippen molar-refractivity contribution in [2.24, 2.45) is 0 Å². The summed E-state index contributed by atoms with van der Waals surface area (Å²) in [7, 11) is 0. The standard InChI is InChI=1S/C18H18AsN3O/c1-13-10-11-22(21-13)12-14-6-8-15(9-7-14)18(23)20-17-5-3-2-4-16(17)19/h2-11H,12,19H2,1H3,(H,20,23). The van der Waals surface area contributed by atoms with E-state index >= 15 is 0 Å². The van der Waals surface area contributed by atoms with Gasteiger partial charge in [-0.3, -0.25) is 0 Å². The summed E-state index contributed by atoms with van der Waals surface area (Å²) in [5, 5.41) is 7.33. The number of rotatable bonds is 4. The Balaban J connectivity index is 1.69. The van der Waals surface area contributed by atoms with Crippen LogP contribution >= 0.6 is 0 Å². The zero-order valence-electron chi connectivity index (χ0n) is 12.9. The summed E-state index contributed by atoms with van der Waals surface area (Å²) in [6.07, 6.45) is 1.95. The van der Waals surface area contributed by atoms with Crippen LogP contribution in [0.15, 0.2) is 60.8 Å². The van der Waals surface area contributed by atoms with Crippen molar-refractivity contribution in [1.29, 1.82) is 0 Å². The Kier molecular flexibility index (Phi) is 4.63. The van der Waals surface area contributed by atoms with Crippen LogP contribution in [0.2, 0.25) is 0 Å². The molecule has 0 fully saturated rings. The molecule has 0 aliphatic heterocycles. The average Bonchev–Trinajstić information content (AvgIpc) is 2.95. The zero-order chi connectivity index (χ0) is 16.2. The number of anilines is 1. The molecular formula is C18H18AsN3O. The van der Waals surface area contributed by atoms with Crippen LogP contribution in [0.25, 0.3) is 0 Å². The molecule has 1 N–H and O–H groups in total. The van der Waals surface area contributed by atoms with Gasteiger partial charge in [0.25, 0.3) is 0 Å². The van der Waals surface area contributed by atoms with Crippen molar-refractivity contribution in [2.75, 3.05) is 5.32 Å². The normalized spacial score (nSPS) is 10.5. The predicted molar refractivity (Wildman–Crippen MR) is 95.1 cm³/mol. The van der Waals surface area contributed by atoms with E-state index in [1.807, 2.05) is 72.4 Å². The van der Waals surface area contributed by atoms with E-state index < -0.39 is 0 Å². The van der Waals surface area contributed by atoms with Crippen LogP contribution in [0.4, 0.5) is 5.69 Å². The van der Waals surface area contributed by atoms with Crippen LogP contribution in [0.3, 0.4) is 0 Å². The van der Waals surface area contributed by atoms with Crippen LogP contribution in [-0.4, -0.2) is 32.5 Å². The molecule has 0 bridgehead atoms. The Morgan fingerprint density at radius 3 is 2.52 bits per heavy atom. The molecule has 0 saturated carbocycles. The number of hydrogen-bond donors (Lipinski definition) is 1. The van der Waals surface area contributed by atoms with Gasteiger partial charge in [-0.05, 0) is 6.92 Å². The molecule has 0 aliphatic rings. The second-order valence-corrected chi connectivity index (χ2v) is 6.70. The minimum absolute atomic E-state index is 0.0865. The molecule has 23 heavy (non-hydrogen) atoms. The Morgan fingerprint density at radius 1 is 1.13 bits per heavy atom. The van der Waals surface area contributed by atoms with Gasteiger partial charge in [0.2, 0.25) is 0 Å². The summed E-state index contributed by atoms with van der Waals surface area (Å²) >= 11 is 1.49. The first-order valence-electron chi connectivity index (χ1n) is 7.37. The third kappa shape index (κ3) is 3.91. The molecule has 3 aromatic rings. The molecule has 1 heterocycles. The van der Waals surface area contributed by atoms with Crippen molar-refractivity contribution in [3.63, 3.8) is 0 Å². The number of para-hydroxylation sites is 1. The second kappa shape index (κ2) is 6.84. The molecule has 1 unspecified atom stereocenters. The van der Waals surface area contributed by atoms with Gasteiger partial charge in [-0.25, -0.2) is 0 Å². The number of carbonyl (C=O) groups excluding carboxylic acids is 1. The zero-order valence-corrected chi connectivity index (χ0v) is 15.3. The number of aromatic nitrogens is 2. The third-order valence-electron chi connectivity index (χ3n) is 3.54. The number of aryl methyl sites for hydroxylation is 1. The van der Waals surface area contributed by atoms with Crippen LogP contribution in [0.5, 0.6) is 0 Å². The fraction of sp³-hybridized carbons (Fsp3) is 0.111. The van der Waals surface area contributed by atoms with Crippen molar-refractivity contribution < 1.29 is 4.79 Å². The SMILES string of the molecule is Cc1ccn(Cc2ccc(C(=O)Nc3ccccc3[AsH2])cc2)n1. The molecule has 0 radical (unpaired) electrons. The number of carbonyl (C=O) groups is 1. The molecule has 0 spiro atoms. The van der Waals surface area contributed by atoms with Crippen molar-refractivity contribution in [3.05, 3.63) is 77.6 Å². The summed E-state index contributed by atoms with van der Waals surface area (Å²) in [4.78, 5) is 12.3. The molecule has 1 atom stereocenters. The number of nitrogens with zero attached hydrogens (tertiary/aromatic N) is 2. The monoisotopic (exact) mass is 367 g/mol. The molecule has 3 rings (SSSR count). The average molecular weight is 367 g/mol. The first-order valence-corrected chi connectivity index (χ1v) is 8.58. The van der Waals surface area contributed by atoms with Gasteiger partial charge >= 0.3 is 137 Å². The molecular weight excluding hydrogens is 349 g/mol. The molecule has 5 heteroatoms. The van der Waals surface area contributed by atoms with E-state index in [4.69, 9.17) is 0 Å². The van der Waals surface area contributed by atoms with Crippen LogP contribution in [0.1, 0.15) is 21.6 Å². The van der Waals surface area contributed by atoms with E-state index in [9.17, 15) is 4.79 Å². The summed E-state index contributed by atoms with van der Waals surface area (Å²) in [6.45, 7) is 2.67.